The van der Waals surface area contributed by atoms with E-state index in [-0.39, 0.29) is 34.6 Å². The number of carbonyl (C=O) groups is 3. The van der Waals surface area contributed by atoms with Crippen molar-refractivity contribution in [2.75, 3.05) is 14.9 Å². The molecule has 1 fully saturated rings. The summed E-state index contributed by atoms with van der Waals surface area (Å²) in [6.07, 6.45) is 0.360. The largest absolute Gasteiger partial charge is 0.320 e. The molecule has 1 aromatic heterocycles. The van der Waals surface area contributed by atoms with Crippen LogP contribution in [0.15, 0.2) is 70.3 Å². The van der Waals surface area contributed by atoms with Crippen LogP contribution in [0.2, 0.25) is 0 Å². The Bertz CT molecular complexity index is 1240. The molecule has 1 aliphatic heterocycles. The Morgan fingerprint density at radius 1 is 0.871 bits per heavy atom. The quantitative estimate of drug-likeness (QED) is 0.553. The number of thiophene rings is 1. The number of carbonyl (C=O) groups excluding carboxylic acids is 3. The van der Waals surface area contributed by atoms with Gasteiger partial charge in [0.2, 0.25) is 11.8 Å². The van der Waals surface area contributed by atoms with Crippen molar-refractivity contribution in [3.8, 4) is 0 Å². The van der Waals surface area contributed by atoms with Crippen LogP contribution in [0.25, 0.3) is 0 Å². The molecule has 0 aliphatic carbocycles. The van der Waals surface area contributed by atoms with Gasteiger partial charge in [-0.3, -0.25) is 24.0 Å². The summed E-state index contributed by atoms with van der Waals surface area (Å²) < 4.78 is 27.7. The number of amides is 3. The van der Waals surface area contributed by atoms with E-state index >= 15 is 0 Å². The van der Waals surface area contributed by atoms with E-state index in [1.165, 1.54) is 30.3 Å². The van der Waals surface area contributed by atoms with Crippen molar-refractivity contribution in [2.24, 2.45) is 0 Å². The molecule has 0 unspecified atom stereocenters. The van der Waals surface area contributed by atoms with Gasteiger partial charge in [-0.2, -0.15) is 0 Å². The van der Waals surface area contributed by atoms with Gasteiger partial charge in [0.1, 0.15) is 4.21 Å². The minimum absolute atomic E-state index is 0.162. The zero-order valence-corrected chi connectivity index (χ0v) is 17.7. The number of rotatable bonds is 6. The third-order valence-corrected chi connectivity index (χ3v) is 7.38. The summed E-state index contributed by atoms with van der Waals surface area (Å²) in [6, 6.07) is 15.7. The lowest BCUT2D eigenvalue weighted by Crippen LogP contribution is -2.28. The first-order chi connectivity index (χ1) is 14.8. The Morgan fingerprint density at radius 3 is 2.13 bits per heavy atom. The molecule has 0 saturated carbocycles. The Balaban J connectivity index is 1.52. The molecule has 8 nitrogen and oxygen atoms in total. The average Bonchev–Trinajstić information content (AvgIpc) is 3.40. The van der Waals surface area contributed by atoms with Crippen LogP contribution in [0, 0.1) is 0 Å². The summed E-state index contributed by atoms with van der Waals surface area (Å²) in [5.74, 6) is -1.00. The van der Waals surface area contributed by atoms with E-state index in [2.05, 4.69) is 10.0 Å². The molecular formula is C21H17N3O5S2. The normalized spacial score (nSPS) is 14.0. The Kier molecular flexibility index (Phi) is 5.57. The highest BCUT2D eigenvalue weighted by Gasteiger charge is 2.30. The van der Waals surface area contributed by atoms with Crippen LogP contribution in [0.5, 0.6) is 0 Å². The molecule has 0 atom stereocenters. The molecule has 2 aromatic carbocycles. The highest BCUT2D eigenvalue weighted by atomic mass is 32.2. The Hall–Kier alpha value is -3.50. The lowest BCUT2D eigenvalue weighted by Gasteiger charge is -2.15. The zero-order valence-electron chi connectivity index (χ0n) is 16.1. The monoisotopic (exact) mass is 455 g/mol. The summed E-state index contributed by atoms with van der Waals surface area (Å²) in [4.78, 5) is 37.5. The fourth-order valence-electron chi connectivity index (χ4n) is 3.11. The number of anilines is 3. The Labute approximate surface area is 182 Å². The first kappa shape index (κ1) is 20.8. The van der Waals surface area contributed by atoms with Crippen molar-refractivity contribution in [3.05, 3.63) is 71.6 Å². The van der Waals surface area contributed by atoms with Gasteiger partial charge >= 0.3 is 0 Å². The molecule has 3 amide bonds. The Morgan fingerprint density at radius 2 is 1.52 bits per heavy atom. The van der Waals surface area contributed by atoms with Gasteiger partial charge in [-0.25, -0.2) is 8.42 Å². The van der Waals surface area contributed by atoms with Crippen LogP contribution in [-0.2, 0) is 19.6 Å². The lowest BCUT2D eigenvalue weighted by molar-refractivity contribution is -0.121. The predicted molar refractivity (Wildman–Crippen MR) is 118 cm³/mol. The van der Waals surface area contributed by atoms with Crippen molar-refractivity contribution < 1.29 is 22.8 Å². The van der Waals surface area contributed by atoms with E-state index in [0.29, 0.717) is 16.9 Å². The van der Waals surface area contributed by atoms with Crippen molar-refractivity contribution in [1.82, 2.24) is 0 Å². The van der Waals surface area contributed by atoms with E-state index in [1.54, 1.807) is 35.7 Å². The van der Waals surface area contributed by atoms with Crippen LogP contribution in [-0.4, -0.2) is 26.1 Å². The molecule has 0 bridgehead atoms. The van der Waals surface area contributed by atoms with Crippen LogP contribution < -0.4 is 14.9 Å². The fourth-order valence-corrected chi connectivity index (χ4v) is 5.19. The van der Waals surface area contributed by atoms with Crippen LogP contribution >= 0.6 is 11.3 Å². The number of hydrogen-bond acceptors (Lipinski definition) is 6. The second kappa shape index (κ2) is 8.32. The van der Waals surface area contributed by atoms with Gasteiger partial charge in [0.15, 0.2) is 0 Å². The van der Waals surface area contributed by atoms with Crippen molar-refractivity contribution in [1.29, 1.82) is 0 Å². The number of nitrogens with zero attached hydrogens (tertiary/aromatic N) is 1. The van der Waals surface area contributed by atoms with Crippen LogP contribution in [0.4, 0.5) is 17.1 Å². The van der Waals surface area contributed by atoms with E-state index < -0.39 is 15.9 Å². The molecule has 10 heteroatoms. The third-order valence-electron chi connectivity index (χ3n) is 4.62. The number of para-hydroxylation sites is 2. The standard InChI is InChI=1S/C21H17N3O5S2/c25-18-11-12-19(26)24(18)15-9-7-14(8-10-15)21(27)22-16-4-1-2-5-17(16)23-31(28,29)20-6-3-13-30-20/h1-10,13,23H,11-12H2,(H,22,27). The van der Waals surface area contributed by atoms with Gasteiger partial charge in [-0.15, -0.1) is 11.3 Å². The molecule has 1 saturated heterocycles. The van der Waals surface area contributed by atoms with E-state index in [4.69, 9.17) is 0 Å². The summed E-state index contributed by atoms with van der Waals surface area (Å²) in [5.41, 5.74) is 1.22. The number of imide groups is 1. The maximum Gasteiger partial charge on any atom is 0.271 e. The first-order valence-corrected chi connectivity index (χ1v) is 11.6. The second-order valence-electron chi connectivity index (χ2n) is 6.71. The molecule has 3 aromatic rings. The second-order valence-corrected chi connectivity index (χ2v) is 9.56. The molecule has 2 heterocycles. The van der Waals surface area contributed by atoms with Crippen molar-refractivity contribution in [3.63, 3.8) is 0 Å². The van der Waals surface area contributed by atoms with Gasteiger partial charge < -0.3 is 5.32 Å². The maximum atomic E-state index is 12.7. The number of hydrogen-bond donors (Lipinski definition) is 2. The fraction of sp³-hybridized carbons (Fsp3) is 0.0952. The zero-order chi connectivity index (χ0) is 22.0. The van der Waals surface area contributed by atoms with E-state index in [0.717, 1.165) is 16.2 Å². The molecule has 31 heavy (non-hydrogen) atoms. The topological polar surface area (TPSA) is 113 Å². The first-order valence-electron chi connectivity index (χ1n) is 9.28. The summed E-state index contributed by atoms with van der Waals surface area (Å²) in [6.45, 7) is 0. The molecule has 0 radical (unpaired) electrons. The lowest BCUT2D eigenvalue weighted by atomic mass is 10.1. The number of benzene rings is 2. The smallest absolute Gasteiger partial charge is 0.271 e. The molecule has 4 rings (SSSR count). The summed E-state index contributed by atoms with van der Waals surface area (Å²) in [7, 11) is -3.77. The summed E-state index contributed by atoms with van der Waals surface area (Å²) in [5, 5.41) is 4.35. The van der Waals surface area contributed by atoms with E-state index in [9.17, 15) is 22.8 Å². The van der Waals surface area contributed by atoms with Crippen LogP contribution in [0.3, 0.4) is 0 Å². The van der Waals surface area contributed by atoms with E-state index in [1.807, 2.05) is 0 Å². The highest BCUT2D eigenvalue weighted by molar-refractivity contribution is 7.94. The summed E-state index contributed by atoms with van der Waals surface area (Å²) >= 11 is 1.09. The van der Waals surface area contributed by atoms with Gasteiger partial charge in [0.05, 0.1) is 17.1 Å². The molecule has 1 aliphatic rings. The number of sulfonamides is 1. The van der Waals surface area contributed by atoms with Crippen molar-refractivity contribution >= 4 is 56.1 Å². The number of nitrogens with one attached hydrogen (secondary N) is 2. The maximum absolute atomic E-state index is 12.7. The van der Waals surface area contributed by atoms with Gasteiger partial charge in [0.25, 0.3) is 15.9 Å². The SMILES string of the molecule is O=C(Nc1ccccc1NS(=O)(=O)c1cccs1)c1ccc(N2C(=O)CCC2=O)cc1. The average molecular weight is 456 g/mol. The highest BCUT2D eigenvalue weighted by Crippen LogP contribution is 2.27. The molecular weight excluding hydrogens is 438 g/mol. The molecule has 158 valence electrons. The molecule has 2 N–H and O–H groups in total. The van der Waals surface area contributed by atoms with Gasteiger partial charge in [0, 0.05) is 18.4 Å². The third kappa shape index (κ3) is 4.35. The van der Waals surface area contributed by atoms with Gasteiger partial charge in [-0.1, -0.05) is 18.2 Å². The predicted octanol–water partition coefficient (Wildman–Crippen LogP) is 3.45. The van der Waals surface area contributed by atoms with Gasteiger partial charge in [-0.05, 0) is 47.8 Å². The minimum Gasteiger partial charge on any atom is -0.320 e. The molecule has 0 spiro atoms. The van der Waals surface area contributed by atoms with Crippen molar-refractivity contribution in [2.45, 2.75) is 17.1 Å². The van der Waals surface area contributed by atoms with Crippen LogP contribution in [0.1, 0.15) is 23.2 Å². The minimum atomic E-state index is -3.77.